The summed E-state index contributed by atoms with van der Waals surface area (Å²) >= 11 is 0. The van der Waals surface area contributed by atoms with Crippen LogP contribution in [0.15, 0.2) is 4.99 Å². The van der Waals surface area contributed by atoms with Gasteiger partial charge in [-0.1, -0.05) is 27.7 Å². The predicted molar refractivity (Wildman–Crippen MR) is 96.6 cm³/mol. The van der Waals surface area contributed by atoms with Gasteiger partial charge in [0, 0.05) is 6.54 Å². The van der Waals surface area contributed by atoms with Gasteiger partial charge in [-0.05, 0) is 46.0 Å². The second kappa shape index (κ2) is 9.63. The molecule has 0 fully saturated rings. The van der Waals surface area contributed by atoms with E-state index in [0.717, 1.165) is 25.8 Å². The maximum atomic E-state index is 12.1. The van der Waals surface area contributed by atoms with Crippen LogP contribution in [-0.4, -0.2) is 36.3 Å². The third kappa shape index (κ3) is 10.0. The van der Waals surface area contributed by atoms with Gasteiger partial charge in [-0.2, -0.15) is 0 Å². The molecule has 0 aliphatic rings. The van der Waals surface area contributed by atoms with Crippen molar-refractivity contribution in [2.45, 2.75) is 78.9 Å². The maximum Gasteiger partial charge on any atom is 0.408 e. The van der Waals surface area contributed by atoms with Gasteiger partial charge in [0.25, 0.3) is 0 Å². The van der Waals surface area contributed by atoms with Crippen LogP contribution in [0.25, 0.3) is 0 Å². The van der Waals surface area contributed by atoms with E-state index >= 15 is 0 Å². The van der Waals surface area contributed by atoms with E-state index in [1.807, 2.05) is 34.6 Å². The summed E-state index contributed by atoms with van der Waals surface area (Å²) in [5.41, 5.74) is 4.95. The lowest BCUT2D eigenvalue weighted by Crippen LogP contribution is -2.52. The van der Waals surface area contributed by atoms with E-state index < -0.39 is 17.2 Å². The fourth-order valence-electron chi connectivity index (χ4n) is 1.99. The van der Waals surface area contributed by atoms with Gasteiger partial charge in [-0.15, -0.1) is 0 Å². The molecule has 0 aromatic heterocycles. The highest BCUT2D eigenvalue weighted by molar-refractivity contribution is 5.78. The summed E-state index contributed by atoms with van der Waals surface area (Å²) in [6.07, 6.45) is 2.14. The summed E-state index contributed by atoms with van der Waals surface area (Å²) in [6.45, 7) is 15.2. The Hall–Kier alpha value is -1.46. The highest BCUT2D eigenvalue weighted by atomic mass is 16.6. The van der Waals surface area contributed by atoms with Gasteiger partial charge in [0.05, 0.1) is 12.1 Å². The monoisotopic (exact) mass is 328 g/mol. The molecule has 0 saturated heterocycles. The molecule has 0 heterocycles. The molecular weight excluding hydrogens is 292 g/mol. The van der Waals surface area contributed by atoms with Crippen molar-refractivity contribution in [2.24, 2.45) is 16.6 Å². The first-order valence-electron chi connectivity index (χ1n) is 8.58. The van der Waals surface area contributed by atoms with Crippen molar-refractivity contribution in [3.8, 4) is 0 Å². The van der Waals surface area contributed by atoms with Crippen molar-refractivity contribution in [1.29, 1.82) is 0 Å². The number of alkyl carbamates (subject to hydrolysis) is 1. The molecule has 0 aliphatic heterocycles. The number of nitrogens with zero attached hydrogens (tertiary/aromatic N) is 1. The first kappa shape index (κ1) is 21.5. The lowest BCUT2D eigenvalue weighted by molar-refractivity contribution is 0.0452. The number of rotatable bonds is 8. The van der Waals surface area contributed by atoms with Crippen molar-refractivity contribution < 1.29 is 9.53 Å². The number of amides is 1. The summed E-state index contributed by atoms with van der Waals surface area (Å²) < 4.78 is 5.35. The van der Waals surface area contributed by atoms with Gasteiger partial charge in [0.1, 0.15) is 5.60 Å². The molecule has 0 unspecified atom stereocenters. The number of nitrogens with one attached hydrogen (secondary N) is 2. The van der Waals surface area contributed by atoms with Crippen LogP contribution in [0.3, 0.4) is 0 Å². The molecule has 4 N–H and O–H groups in total. The fraction of sp³-hybridized carbons (Fsp3) is 0.882. The molecule has 6 nitrogen and oxygen atoms in total. The average molecular weight is 329 g/mol. The number of hydrogen-bond donors (Lipinski definition) is 3. The Morgan fingerprint density at radius 3 is 2.22 bits per heavy atom. The van der Waals surface area contributed by atoms with Crippen molar-refractivity contribution in [2.75, 3.05) is 13.1 Å². The van der Waals surface area contributed by atoms with Crippen molar-refractivity contribution in [1.82, 2.24) is 10.6 Å². The van der Waals surface area contributed by atoms with Crippen molar-refractivity contribution >= 4 is 12.1 Å². The quantitative estimate of drug-likeness (QED) is 0.472. The topological polar surface area (TPSA) is 88.7 Å². The third-order valence-corrected chi connectivity index (χ3v) is 3.70. The van der Waals surface area contributed by atoms with Crippen molar-refractivity contribution in [3.63, 3.8) is 0 Å². The largest absolute Gasteiger partial charge is 0.444 e. The number of ether oxygens (including phenoxy) is 1. The Balaban J connectivity index is 4.67. The summed E-state index contributed by atoms with van der Waals surface area (Å²) in [6, 6.07) is 0. The smallest absolute Gasteiger partial charge is 0.408 e. The minimum atomic E-state index is -0.516. The Morgan fingerprint density at radius 1 is 1.22 bits per heavy atom. The molecule has 0 aromatic carbocycles. The van der Waals surface area contributed by atoms with Crippen LogP contribution in [0.5, 0.6) is 0 Å². The SMILES string of the molecule is CCC(CC)(CN=C(N)NCCC(C)C)NC(=O)OC(C)(C)C. The minimum Gasteiger partial charge on any atom is -0.444 e. The zero-order valence-corrected chi connectivity index (χ0v) is 16.0. The number of aliphatic imine (C=N–C) groups is 1. The Kier molecular flexibility index (Phi) is 9.02. The van der Waals surface area contributed by atoms with Crippen LogP contribution in [0.1, 0.15) is 67.7 Å². The number of guanidine groups is 1. The number of nitrogens with two attached hydrogens (primary N) is 1. The molecule has 0 saturated carbocycles. The first-order valence-corrected chi connectivity index (χ1v) is 8.58. The molecule has 0 aromatic rings. The number of carbonyl (C=O) groups is 1. The van der Waals surface area contributed by atoms with Gasteiger partial charge < -0.3 is 21.1 Å². The Morgan fingerprint density at radius 2 is 1.78 bits per heavy atom. The normalized spacial score (nSPS) is 13.1. The second-order valence-electron chi connectivity index (χ2n) is 7.43. The molecule has 0 aliphatic carbocycles. The summed E-state index contributed by atoms with van der Waals surface area (Å²) in [5, 5.41) is 6.07. The van der Waals surface area contributed by atoms with Gasteiger partial charge >= 0.3 is 6.09 Å². The third-order valence-electron chi connectivity index (χ3n) is 3.70. The summed E-state index contributed by atoms with van der Waals surface area (Å²) in [5.74, 6) is 1.04. The molecule has 0 atom stereocenters. The van der Waals surface area contributed by atoms with Crippen LogP contribution >= 0.6 is 0 Å². The zero-order chi connectivity index (χ0) is 18.1. The molecule has 0 bridgehead atoms. The fourth-order valence-corrected chi connectivity index (χ4v) is 1.99. The Bertz CT molecular complexity index is 383. The molecule has 0 spiro atoms. The van der Waals surface area contributed by atoms with E-state index in [1.165, 1.54) is 0 Å². The lowest BCUT2D eigenvalue weighted by Gasteiger charge is -2.32. The first-order chi connectivity index (χ1) is 10.5. The van der Waals surface area contributed by atoms with E-state index in [2.05, 4.69) is 29.5 Å². The molecule has 0 radical (unpaired) electrons. The lowest BCUT2D eigenvalue weighted by atomic mass is 9.93. The van der Waals surface area contributed by atoms with Gasteiger partial charge in [0.15, 0.2) is 5.96 Å². The second-order valence-corrected chi connectivity index (χ2v) is 7.43. The molecular formula is C17H36N4O2. The van der Waals surface area contributed by atoms with Crippen LogP contribution in [0, 0.1) is 5.92 Å². The number of carbonyl (C=O) groups excluding carboxylic acids is 1. The van der Waals surface area contributed by atoms with Gasteiger partial charge in [-0.3, -0.25) is 4.99 Å². The predicted octanol–water partition coefficient (Wildman–Crippen LogP) is 3.02. The number of hydrogen-bond acceptors (Lipinski definition) is 3. The van der Waals surface area contributed by atoms with E-state index in [-0.39, 0.29) is 0 Å². The highest BCUT2D eigenvalue weighted by Crippen LogP contribution is 2.17. The van der Waals surface area contributed by atoms with E-state index in [1.54, 1.807) is 0 Å². The van der Waals surface area contributed by atoms with Crippen molar-refractivity contribution in [3.05, 3.63) is 0 Å². The average Bonchev–Trinajstić information content (AvgIpc) is 2.41. The molecule has 23 heavy (non-hydrogen) atoms. The Labute approximate surface area is 141 Å². The molecule has 1 amide bonds. The molecule has 6 heteroatoms. The highest BCUT2D eigenvalue weighted by Gasteiger charge is 2.30. The van der Waals surface area contributed by atoms with Crippen LogP contribution in [0.2, 0.25) is 0 Å². The molecule has 136 valence electrons. The van der Waals surface area contributed by atoms with E-state index in [9.17, 15) is 4.79 Å². The van der Waals surface area contributed by atoms with Crippen LogP contribution in [0.4, 0.5) is 4.79 Å². The summed E-state index contributed by atoms with van der Waals surface area (Å²) in [7, 11) is 0. The van der Waals surface area contributed by atoms with Gasteiger partial charge in [0.2, 0.25) is 0 Å². The molecule has 0 rings (SSSR count). The maximum absolute atomic E-state index is 12.1. The van der Waals surface area contributed by atoms with Crippen LogP contribution < -0.4 is 16.4 Å². The standard InChI is InChI=1S/C17H36N4O2/c1-8-17(9-2,21-15(22)23-16(5,6)7)12-20-14(18)19-11-10-13(3)4/h13H,8-12H2,1-7H3,(H,21,22)(H3,18,19,20). The van der Waals surface area contributed by atoms with E-state index in [0.29, 0.717) is 18.4 Å². The van der Waals surface area contributed by atoms with E-state index in [4.69, 9.17) is 10.5 Å². The van der Waals surface area contributed by atoms with Crippen LogP contribution in [-0.2, 0) is 4.74 Å². The summed E-state index contributed by atoms with van der Waals surface area (Å²) in [4.78, 5) is 16.5. The van der Waals surface area contributed by atoms with Gasteiger partial charge in [-0.25, -0.2) is 4.79 Å². The minimum absolute atomic E-state index is 0.414. The zero-order valence-electron chi connectivity index (χ0n) is 16.0.